The van der Waals surface area contributed by atoms with Crippen LogP contribution in [-0.4, -0.2) is 6.54 Å². The zero-order valence-corrected chi connectivity index (χ0v) is 11.5. The summed E-state index contributed by atoms with van der Waals surface area (Å²) in [7, 11) is 0. The fraction of sp³-hybridized carbons (Fsp3) is 0.200. The summed E-state index contributed by atoms with van der Waals surface area (Å²) in [5.41, 5.74) is 7.66. The minimum Gasteiger partial charge on any atom is -0.330 e. The van der Waals surface area contributed by atoms with Crippen LogP contribution in [0.1, 0.15) is 17.0 Å². The molecule has 0 fully saturated rings. The molecule has 0 amide bonds. The number of rotatable bonds is 4. The van der Waals surface area contributed by atoms with E-state index in [9.17, 15) is 4.39 Å². The first-order valence-electron chi connectivity index (χ1n) is 5.89. The van der Waals surface area contributed by atoms with Gasteiger partial charge in [-0.15, -0.1) is 0 Å². The summed E-state index contributed by atoms with van der Waals surface area (Å²) < 4.78 is 14.6. The lowest BCUT2D eigenvalue weighted by atomic mass is 9.92. The summed E-state index contributed by atoms with van der Waals surface area (Å²) in [5.74, 6) is -0.0254. The standard InChI is InChI=1S/C15H15BrFN/c16-14-6-7-15(17)12(9-14)8-13(10-18)11-4-2-1-3-5-11/h1-7,9,13H,8,10,18H2. The molecule has 2 aromatic carbocycles. The van der Waals surface area contributed by atoms with E-state index in [-0.39, 0.29) is 11.7 Å². The highest BCUT2D eigenvalue weighted by atomic mass is 79.9. The van der Waals surface area contributed by atoms with Crippen LogP contribution in [0.25, 0.3) is 0 Å². The summed E-state index contributed by atoms with van der Waals surface area (Å²) in [6.07, 6.45) is 0.617. The number of hydrogen-bond donors (Lipinski definition) is 1. The third kappa shape index (κ3) is 3.18. The monoisotopic (exact) mass is 307 g/mol. The Morgan fingerprint density at radius 3 is 2.50 bits per heavy atom. The van der Waals surface area contributed by atoms with E-state index in [0.29, 0.717) is 18.5 Å². The molecule has 94 valence electrons. The van der Waals surface area contributed by atoms with Crippen LogP contribution in [0.3, 0.4) is 0 Å². The highest BCUT2D eigenvalue weighted by molar-refractivity contribution is 9.10. The molecule has 0 saturated heterocycles. The lowest BCUT2D eigenvalue weighted by molar-refractivity contribution is 0.590. The van der Waals surface area contributed by atoms with Crippen LogP contribution in [0, 0.1) is 5.82 Å². The van der Waals surface area contributed by atoms with Crippen LogP contribution >= 0.6 is 15.9 Å². The van der Waals surface area contributed by atoms with E-state index in [4.69, 9.17) is 5.73 Å². The smallest absolute Gasteiger partial charge is 0.126 e. The van der Waals surface area contributed by atoms with Gasteiger partial charge in [-0.25, -0.2) is 4.39 Å². The third-order valence-corrected chi connectivity index (χ3v) is 3.52. The van der Waals surface area contributed by atoms with Crippen LogP contribution in [0.2, 0.25) is 0 Å². The Morgan fingerprint density at radius 1 is 1.11 bits per heavy atom. The van der Waals surface area contributed by atoms with Crippen molar-refractivity contribution in [2.75, 3.05) is 6.54 Å². The molecule has 0 aliphatic rings. The molecule has 0 spiro atoms. The second-order valence-electron chi connectivity index (χ2n) is 4.28. The summed E-state index contributed by atoms with van der Waals surface area (Å²) in [4.78, 5) is 0. The van der Waals surface area contributed by atoms with Crippen molar-refractivity contribution in [3.05, 3.63) is 69.9 Å². The maximum Gasteiger partial charge on any atom is 0.126 e. The lowest BCUT2D eigenvalue weighted by Crippen LogP contribution is -2.15. The predicted molar refractivity (Wildman–Crippen MR) is 76.0 cm³/mol. The van der Waals surface area contributed by atoms with E-state index in [1.54, 1.807) is 6.07 Å². The van der Waals surface area contributed by atoms with Crippen molar-refractivity contribution in [3.8, 4) is 0 Å². The van der Waals surface area contributed by atoms with Crippen LogP contribution in [0.4, 0.5) is 4.39 Å². The Bertz CT molecular complexity index is 513. The number of halogens is 2. The van der Waals surface area contributed by atoms with Crippen LogP contribution < -0.4 is 5.73 Å². The Labute approximate surface area is 115 Å². The maximum atomic E-state index is 13.7. The van der Waals surface area contributed by atoms with Gasteiger partial charge in [0.25, 0.3) is 0 Å². The molecule has 2 N–H and O–H groups in total. The van der Waals surface area contributed by atoms with Crippen molar-refractivity contribution >= 4 is 15.9 Å². The molecule has 0 bridgehead atoms. The largest absolute Gasteiger partial charge is 0.330 e. The first-order chi connectivity index (χ1) is 8.70. The van der Waals surface area contributed by atoms with Gasteiger partial charge in [0, 0.05) is 10.4 Å². The molecule has 0 aliphatic heterocycles. The summed E-state index contributed by atoms with van der Waals surface area (Å²) in [6.45, 7) is 0.510. The average Bonchev–Trinajstić information content (AvgIpc) is 2.41. The van der Waals surface area contributed by atoms with Gasteiger partial charge >= 0.3 is 0 Å². The molecule has 1 nitrogen and oxygen atoms in total. The zero-order chi connectivity index (χ0) is 13.0. The SMILES string of the molecule is NCC(Cc1cc(Br)ccc1F)c1ccccc1. The second kappa shape index (κ2) is 6.12. The summed E-state index contributed by atoms with van der Waals surface area (Å²) >= 11 is 3.37. The van der Waals surface area contributed by atoms with Gasteiger partial charge in [0.05, 0.1) is 0 Å². The molecule has 2 aromatic rings. The van der Waals surface area contributed by atoms with Crippen LogP contribution in [-0.2, 0) is 6.42 Å². The van der Waals surface area contributed by atoms with Crippen molar-refractivity contribution in [1.29, 1.82) is 0 Å². The van der Waals surface area contributed by atoms with Gasteiger partial charge in [0.1, 0.15) is 5.82 Å². The van der Waals surface area contributed by atoms with Crippen LogP contribution in [0.5, 0.6) is 0 Å². The van der Waals surface area contributed by atoms with Gasteiger partial charge in [-0.3, -0.25) is 0 Å². The van der Waals surface area contributed by atoms with E-state index in [1.165, 1.54) is 6.07 Å². The molecular formula is C15H15BrFN. The Hall–Kier alpha value is -1.19. The van der Waals surface area contributed by atoms with E-state index in [2.05, 4.69) is 15.9 Å². The van der Waals surface area contributed by atoms with E-state index in [1.807, 2.05) is 36.4 Å². The second-order valence-corrected chi connectivity index (χ2v) is 5.20. The molecular weight excluding hydrogens is 293 g/mol. The van der Waals surface area contributed by atoms with Crippen molar-refractivity contribution < 1.29 is 4.39 Å². The minimum atomic E-state index is -0.174. The molecule has 3 heteroatoms. The van der Waals surface area contributed by atoms with Crippen molar-refractivity contribution in [1.82, 2.24) is 0 Å². The maximum absolute atomic E-state index is 13.7. The molecule has 2 rings (SSSR count). The fourth-order valence-electron chi connectivity index (χ4n) is 2.03. The van der Waals surface area contributed by atoms with Gasteiger partial charge in [-0.1, -0.05) is 46.3 Å². The normalized spacial score (nSPS) is 12.4. The third-order valence-electron chi connectivity index (χ3n) is 3.03. The van der Waals surface area contributed by atoms with Gasteiger partial charge < -0.3 is 5.73 Å². The van der Waals surface area contributed by atoms with E-state index in [0.717, 1.165) is 10.0 Å². The average molecular weight is 308 g/mol. The summed E-state index contributed by atoms with van der Waals surface area (Å²) in [5, 5.41) is 0. The molecule has 0 aliphatic carbocycles. The molecule has 0 saturated carbocycles. The first kappa shape index (κ1) is 13.2. The number of benzene rings is 2. The van der Waals surface area contributed by atoms with Gasteiger partial charge in [0.15, 0.2) is 0 Å². The zero-order valence-electron chi connectivity index (χ0n) is 9.94. The van der Waals surface area contributed by atoms with Crippen molar-refractivity contribution in [2.45, 2.75) is 12.3 Å². The lowest BCUT2D eigenvalue weighted by Gasteiger charge is -2.16. The van der Waals surface area contributed by atoms with Crippen molar-refractivity contribution in [3.63, 3.8) is 0 Å². The Balaban J connectivity index is 2.23. The molecule has 1 atom stereocenters. The summed E-state index contributed by atoms with van der Waals surface area (Å²) in [6, 6.07) is 15.0. The molecule has 0 aromatic heterocycles. The molecule has 0 radical (unpaired) electrons. The van der Waals surface area contributed by atoms with E-state index < -0.39 is 0 Å². The highest BCUT2D eigenvalue weighted by Gasteiger charge is 2.13. The number of nitrogens with two attached hydrogens (primary N) is 1. The fourth-order valence-corrected chi connectivity index (χ4v) is 2.44. The Kier molecular flexibility index (Phi) is 4.50. The Morgan fingerprint density at radius 2 is 1.83 bits per heavy atom. The predicted octanol–water partition coefficient (Wildman–Crippen LogP) is 3.87. The van der Waals surface area contributed by atoms with Crippen LogP contribution in [0.15, 0.2) is 53.0 Å². The highest BCUT2D eigenvalue weighted by Crippen LogP contribution is 2.23. The molecule has 1 unspecified atom stereocenters. The van der Waals surface area contributed by atoms with Gasteiger partial charge in [-0.05, 0) is 42.3 Å². The topological polar surface area (TPSA) is 26.0 Å². The molecule has 0 heterocycles. The first-order valence-corrected chi connectivity index (χ1v) is 6.69. The number of hydrogen-bond acceptors (Lipinski definition) is 1. The van der Waals surface area contributed by atoms with Crippen molar-refractivity contribution in [2.24, 2.45) is 5.73 Å². The van der Waals surface area contributed by atoms with Gasteiger partial charge in [0.2, 0.25) is 0 Å². The quantitative estimate of drug-likeness (QED) is 0.911. The minimum absolute atomic E-state index is 0.148. The molecule has 18 heavy (non-hydrogen) atoms. The van der Waals surface area contributed by atoms with Gasteiger partial charge in [-0.2, -0.15) is 0 Å². The van der Waals surface area contributed by atoms with E-state index >= 15 is 0 Å².